The Hall–Kier alpha value is -2.61. The van der Waals surface area contributed by atoms with Crippen LogP contribution in [0.5, 0.6) is 5.75 Å². The monoisotopic (exact) mass is 352 g/mol. The summed E-state index contributed by atoms with van der Waals surface area (Å²) in [7, 11) is 0. The first kappa shape index (κ1) is 16.3. The molecule has 0 fully saturated rings. The van der Waals surface area contributed by atoms with Crippen LogP contribution in [0.3, 0.4) is 0 Å². The number of hydrogen-bond donors (Lipinski definition) is 1. The Kier molecular flexibility index (Phi) is 4.39. The summed E-state index contributed by atoms with van der Waals surface area (Å²) in [5.74, 6) is -0.766. The van der Waals surface area contributed by atoms with Crippen molar-refractivity contribution in [1.82, 2.24) is 10.3 Å². The number of carbonyl (C=O) groups is 1. The molecule has 24 heavy (non-hydrogen) atoms. The summed E-state index contributed by atoms with van der Waals surface area (Å²) in [5, 5.41) is 3.44. The maximum atomic E-state index is 12.1. The molecule has 3 aromatic rings. The fourth-order valence-electron chi connectivity index (χ4n) is 2.06. The summed E-state index contributed by atoms with van der Waals surface area (Å²) >= 11 is 1.47. The van der Waals surface area contributed by atoms with Crippen molar-refractivity contribution in [2.75, 3.05) is 0 Å². The predicted octanol–water partition coefficient (Wildman–Crippen LogP) is 4.12. The average Bonchev–Trinajstić information content (AvgIpc) is 2.94. The van der Waals surface area contributed by atoms with Crippen LogP contribution in [0.25, 0.3) is 10.2 Å². The zero-order valence-corrected chi connectivity index (χ0v) is 12.9. The summed E-state index contributed by atoms with van der Waals surface area (Å²) in [4.78, 5) is 16.4. The van der Waals surface area contributed by atoms with Gasteiger partial charge in [0.1, 0.15) is 10.8 Å². The van der Waals surface area contributed by atoms with Gasteiger partial charge in [-0.2, -0.15) is 0 Å². The van der Waals surface area contributed by atoms with Crippen molar-refractivity contribution < 1.29 is 22.7 Å². The van der Waals surface area contributed by atoms with Crippen LogP contribution in [0.1, 0.15) is 15.4 Å². The summed E-state index contributed by atoms with van der Waals surface area (Å²) in [6.07, 6.45) is -4.75. The summed E-state index contributed by atoms with van der Waals surface area (Å²) in [5.41, 5.74) is 1.10. The number of para-hydroxylation sites is 1. The summed E-state index contributed by atoms with van der Waals surface area (Å²) in [6.45, 7) is 0.249. The molecule has 0 radical (unpaired) electrons. The minimum Gasteiger partial charge on any atom is -0.406 e. The molecule has 0 spiro atoms. The van der Waals surface area contributed by atoms with Gasteiger partial charge in [-0.15, -0.1) is 24.5 Å². The fourth-order valence-corrected chi connectivity index (χ4v) is 2.97. The second kappa shape index (κ2) is 6.48. The van der Waals surface area contributed by atoms with E-state index < -0.39 is 12.3 Å². The molecule has 1 aromatic heterocycles. The topological polar surface area (TPSA) is 51.2 Å². The lowest BCUT2D eigenvalue weighted by Crippen LogP contribution is -2.22. The molecule has 0 aliphatic carbocycles. The normalized spacial score (nSPS) is 11.5. The minimum absolute atomic E-state index is 0.241. The highest BCUT2D eigenvalue weighted by molar-refractivity contribution is 7.18. The van der Waals surface area contributed by atoms with Gasteiger partial charge in [-0.3, -0.25) is 4.79 Å². The molecule has 0 saturated carbocycles. The number of benzene rings is 2. The molecule has 124 valence electrons. The fraction of sp³-hybridized carbons (Fsp3) is 0.125. The van der Waals surface area contributed by atoms with Crippen molar-refractivity contribution in [2.24, 2.45) is 0 Å². The van der Waals surface area contributed by atoms with E-state index in [0.717, 1.165) is 27.4 Å². The number of alkyl halides is 3. The summed E-state index contributed by atoms with van der Waals surface area (Å²) in [6, 6.07) is 12.4. The molecule has 0 unspecified atom stereocenters. The molecule has 0 aliphatic rings. The third-order valence-corrected chi connectivity index (χ3v) is 4.12. The third-order valence-electron chi connectivity index (χ3n) is 3.09. The van der Waals surface area contributed by atoms with E-state index in [1.165, 1.54) is 23.5 Å². The smallest absolute Gasteiger partial charge is 0.406 e. The standard InChI is InChI=1S/C16H11F3N2O2S/c17-16(18,19)23-11-7-5-10(6-8-11)15(22)20-9-14-21-12-3-1-2-4-13(12)24-14/h1-8H,9H2,(H,20,22). The SMILES string of the molecule is O=C(NCc1nc2ccccc2s1)c1ccc(OC(F)(F)F)cc1. The molecule has 0 aliphatic heterocycles. The van der Waals surface area contributed by atoms with E-state index in [1.54, 1.807) is 0 Å². The number of nitrogens with zero attached hydrogens (tertiary/aromatic N) is 1. The lowest BCUT2D eigenvalue weighted by molar-refractivity contribution is -0.274. The highest BCUT2D eigenvalue weighted by atomic mass is 32.1. The van der Waals surface area contributed by atoms with Crippen molar-refractivity contribution in [1.29, 1.82) is 0 Å². The van der Waals surface area contributed by atoms with Crippen LogP contribution in [0.15, 0.2) is 48.5 Å². The van der Waals surface area contributed by atoms with Gasteiger partial charge in [0, 0.05) is 5.56 Å². The van der Waals surface area contributed by atoms with Crippen LogP contribution in [0.2, 0.25) is 0 Å². The highest BCUT2D eigenvalue weighted by Crippen LogP contribution is 2.23. The van der Waals surface area contributed by atoms with Crippen LogP contribution in [-0.2, 0) is 6.54 Å². The zero-order chi connectivity index (χ0) is 17.2. The largest absolute Gasteiger partial charge is 0.573 e. The van der Waals surface area contributed by atoms with E-state index in [-0.39, 0.29) is 17.9 Å². The van der Waals surface area contributed by atoms with E-state index >= 15 is 0 Å². The molecule has 8 heteroatoms. The van der Waals surface area contributed by atoms with E-state index in [4.69, 9.17) is 0 Å². The number of hydrogen-bond acceptors (Lipinski definition) is 4. The van der Waals surface area contributed by atoms with Gasteiger partial charge in [0.25, 0.3) is 5.91 Å². The molecule has 1 N–H and O–H groups in total. The molecular weight excluding hydrogens is 341 g/mol. The number of rotatable bonds is 4. The molecule has 2 aromatic carbocycles. The van der Waals surface area contributed by atoms with Crippen LogP contribution < -0.4 is 10.1 Å². The maximum Gasteiger partial charge on any atom is 0.573 e. The van der Waals surface area contributed by atoms with E-state index in [0.29, 0.717) is 0 Å². The van der Waals surface area contributed by atoms with Gasteiger partial charge >= 0.3 is 6.36 Å². The molecule has 1 heterocycles. The number of thiazole rings is 1. The highest BCUT2D eigenvalue weighted by Gasteiger charge is 2.31. The minimum atomic E-state index is -4.75. The molecular formula is C16H11F3N2O2S. The van der Waals surface area contributed by atoms with Gasteiger partial charge in [-0.05, 0) is 36.4 Å². The van der Waals surface area contributed by atoms with Gasteiger partial charge in [0.15, 0.2) is 0 Å². The van der Waals surface area contributed by atoms with Gasteiger partial charge in [0.2, 0.25) is 0 Å². The Balaban J connectivity index is 1.62. The molecule has 0 bridgehead atoms. The number of fused-ring (bicyclic) bond motifs is 1. The van der Waals surface area contributed by atoms with Crippen LogP contribution in [-0.4, -0.2) is 17.3 Å². The van der Waals surface area contributed by atoms with Crippen molar-refractivity contribution >= 4 is 27.5 Å². The molecule has 3 rings (SSSR count). The predicted molar refractivity (Wildman–Crippen MR) is 83.9 cm³/mol. The lowest BCUT2D eigenvalue weighted by Gasteiger charge is -2.09. The lowest BCUT2D eigenvalue weighted by atomic mass is 10.2. The summed E-state index contributed by atoms with van der Waals surface area (Å²) < 4.78 is 41.1. The second-order valence-corrected chi connectivity index (χ2v) is 5.95. The quantitative estimate of drug-likeness (QED) is 0.768. The van der Waals surface area contributed by atoms with Gasteiger partial charge in [0.05, 0.1) is 16.8 Å². The van der Waals surface area contributed by atoms with E-state index in [9.17, 15) is 18.0 Å². The van der Waals surface area contributed by atoms with Crippen LogP contribution in [0, 0.1) is 0 Å². The molecule has 0 atom stereocenters. The Morgan fingerprint density at radius 2 is 1.83 bits per heavy atom. The number of carbonyl (C=O) groups excluding carboxylic acids is 1. The Bertz CT molecular complexity index is 827. The number of ether oxygens (including phenoxy) is 1. The number of aromatic nitrogens is 1. The number of nitrogens with one attached hydrogen (secondary N) is 1. The van der Waals surface area contributed by atoms with Gasteiger partial charge in [-0.1, -0.05) is 12.1 Å². The van der Waals surface area contributed by atoms with E-state index in [1.807, 2.05) is 24.3 Å². The second-order valence-electron chi connectivity index (χ2n) is 4.83. The van der Waals surface area contributed by atoms with Crippen molar-refractivity contribution in [3.63, 3.8) is 0 Å². The van der Waals surface area contributed by atoms with Crippen molar-refractivity contribution in [3.8, 4) is 5.75 Å². The molecule has 0 saturated heterocycles. The Morgan fingerprint density at radius 1 is 1.12 bits per heavy atom. The molecule has 1 amide bonds. The third kappa shape index (κ3) is 4.02. The number of halogens is 3. The Morgan fingerprint density at radius 3 is 2.50 bits per heavy atom. The average molecular weight is 352 g/mol. The van der Waals surface area contributed by atoms with Crippen molar-refractivity contribution in [3.05, 3.63) is 59.1 Å². The first-order valence-electron chi connectivity index (χ1n) is 6.89. The van der Waals surface area contributed by atoms with E-state index in [2.05, 4.69) is 15.0 Å². The van der Waals surface area contributed by atoms with Crippen LogP contribution in [0.4, 0.5) is 13.2 Å². The Labute approximate surface area is 138 Å². The first-order chi connectivity index (χ1) is 11.4. The number of amides is 1. The van der Waals surface area contributed by atoms with Gasteiger partial charge in [-0.25, -0.2) is 4.98 Å². The molecule has 4 nitrogen and oxygen atoms in total. The van der Waals surface area contributed by atoms with Gasteiger partial charge < -0.3 is 10.1 Å². The van der Waals surface area contributed by atoms with Crippen LogP contribution >= 0.6 is 11.3 Å². The first-order valence-corrected chi connectivity index (χ1v) is 7.71. The maximum absolute atomic E-state index is 12.1. The zero-order valence-electron chi connectivity index (χ0n) is 12.1. The van der Waals surface area contributed by atoms with Crippen molar-refractivity contribution in [2.45, 2.75) is 12.9 Å².